The van der Waals surface area contributed by atoms with Gasteiger partial charge in [-0.1, -0.05) is 38.1 Å². The molecule has 0 bridgehead atoms. The summed E-state index contributed by atoms with van der Waals surface area (Å²) in [4.78, 5) is 48.6. The Morgan fingerprint density at radius 2 is 0.880 bits per heavy atom. The van der Waals surface area contributed by atoms with Gasteiger partial charge in [-0.25, -0.2) is 19.2 Å². The Morgan fingerprint density at radius 1 is 0.600 bits per heavy atom. The van der Waals surface area contributed by atoms with Crippen LogP contribution < -0.4 is 44.2 Å². The van der Waals surface area contributed by atoms with E-state index in [4.69, 9.17) is 49.5 Å². The summed E-state index contributed by atoms with van der Waals surface area (Å²) in [5, 5.41) is 7.03. The lowest BCUT2D eigenvalue weighted by Gasteiger charge is -2.45. The van der Waals surface area contributed by atoms with Gasteiger partial charge in [0.25, 0.3) is 0 Å². The standard InChI is InChI=1S/C30H58N8O10Si2/c1-9-29(35-25(31)39,36-26(32)40)49(43-11-3,44-12-4)47-21(7)18-23-16-15-17-24(20-23)19-22(8)48-50(45-13-5,46-14-6)30(10-2,37-27(33)41)38-28(34)42/h15-17,20-22H,9-14,18-19H2,1-8H3,(H3,31,35,39)(H3,32,36,40)(H3,33,37,41)(H3,34,38,42). The molecule has 1 rings (SSSR count). The van der Waals surface area contributed by atoms with Crippen LogP contribution in [0.4, 0.5) is 19.2 Å². The van der Waals surface area contributed by atoms with Crippen LogP contribution in [0.25, 0.3) is 0 Å². The van der Waals surface area contributed by atoms with E-state index >= 15 is 0 Å². The lowest BCUT2D eigenvalue weighted by molar-refractivity contribution is 0.00611. The highest BCUT2D eigenvalue weighted by Gasteiger charge is 2.64. The van der Waals surface area contributed by atoms with Crippen molar-refractivity contribution in [3.63, 3.8) is 0 Å². The third kappa shape index (κ3) is 11.8. The minimum Gasteiger partial charge on any atom is -0.371 e. The maximum atomic E-state index is 12.1. The number of primary amides is 4. The maximum absolute atomic E-state index is 12.1. The zero-order chi connectivity index (χ0) is 38.2. The fraction of sp³-hybridized carbons (Fsp3) is 0.667. The second-order valence-electron chi connectivity index (χ2n) is 11.4. The summed E-state index contributed by atoms with van der Waals surface area (Å²) in [6.07, 6.45) is -0.123. The second-order valence-corrected chi connectivity index (χ2v) is 17.0. The van der Waals surface area contributed by atoms with Crippen LogP contribution in [-0.4, -0.2) is 90.9 Å². The predicted molar refractivity (Wildman–Crippen MR) is 190 cm³/mol. The topological polar surface area (TPSA) is 276 Å². The Hall–Kier alpha value is -3.51. The lowest BCUT2D eigenvalue weighted by atomic mass is 10.0. The molecular formula is C30H58N8O10Si2. The SMILES string of the molecule is CCO[Si](OCC)(OC(C)Cc1cccc(CC(C)O[Si](OCC)(OCC)C(CC)(NC(N)=O)NC(N)=O)c1)C(CC)(NC(N)=O)NC(N)=O. The van der Waals surface area contributed by atoms with Crippen molar-refractivity contribution in [2.45, 2.75) is 104 Å². The van der Waals surface area contributed by atoms with Crippen LogP contribution in [0.1, 0.15) is 79.4 Å². The van der Waals surface area contributed by atoms with Crippen molar-refractivity contribution in [2.24, 2.45) is 22.9 Å². The van der Waals surface area contributed by atoms with E-state index < -0.39 is 64.5 Å². The molecule has 1 aromatic rings. The molecule has 0 fully saturated rings. The first-order valence-electron chi connectivity index (χ1n) is 16.8. The van der Waals surface area contributed by atoms with Crippen LogP contribution >= 0.6 is 0 Å². The van der Waals surface area contributed by atoms with Crippen LogP contribution in [-0.2, 0) is 39.4 Å². The predicted octanol–water partition coefficient (Wildman–Crippen LogP) is 1.57. The van der Waals surface area contributed by atoms with Crippen LogP contribution in [0.5, 0.6) is 0 Å². The van der Waals surface area contributed by atoms with Crippen LogP contribution in [0.15, 0.2) is 24.3 Å². The molecule has 18 nitrogen and oxygen atoms in total. The number of carbonyl (C=O) groups is 4. The molecule has 0 aliphatic carbocycles. The molecule has 8 amide bonds. The fourth-order valence-electron chi connectivity index (χ4n) is 5.83. The summed E-state index contributed by atoms with van der Waals surface area (Å²) in [5.41, 5.74) is 23.8. The number of urea groups is 4. The number of nitrogens with one attached hydrogen (secondary N) is 4. The highest BCUT2D eigenvalue weighted by atomic mass is 28.4. The number of carbonyl (C=O) groups excluding carboxylic acids is 4. The monoisotopic (exact) mass is 746 g/mol. The average molecular weight is 747 g/mol. The molecule has 1 aromatic carbocycles. The van der Waals surface area contributed by atoms with Gasteiger partial charge in [0, 0.05) is 26.4 Å². The first-order chi connectivity index (χ1) is 23.5. The van der Waals surface area contributed by atoms with E-state index in [1.165, 1.54) is 0 Å². The first kappa shape index (κ1) is 44.5. The molecule has 20 heteroatoms. The molecule has 0 aromatic heterocycles. The molecule has 50 heavy (non-hydrogen) atoms. The average Bonchev–Trinajstić information content (AvgIpc) is 2.99. The van der Waals surface area contributed by atoms with Crippen LogP contribution in [0, 0.1) is 0 Å². The van der Waals surface area contributed by atoms with E-state index in [0.29, 0.717) is 12.8 Å². The molecule has 0 radical (unpaired) electrons. The van der Waals surface area contributed by atoms with E-state index in [2.05, 4.69) is 21.3 Å². The van der Waals surface area contributed by atoms with E-state index in [1.807, 2.05) is 38.1 Å². The minimum absolute atomic E-state index is 0.0999. The molecule has 0 aliphatic heterocycles. The molecule has 12 N–H and O–H groups in total. The number of amides is 8. The number of rotatable bonds is 24. The van der Waals surface area contributed by atoms with Gasteiger partial charge in [-0.15, -0.1) is 0 Å². The second kappa shape index (κ2) is 20.4. The number of hydrogen-bond donors (Lipinski definition) is 8. The maximum Gasteiger partial charge on any atom is 0.549 e. The Bertz CT molecular complexity index is 1130. The first-order valence-corrected chi connectivity index (χ1v) is 20.2. The number of hydrogen-bond acceptors (Lipinski definition) is 10. The molecular weight excluding hydrogens is 689 g/mol. The summed E-state index contributed by atoms with van der Waals surface area (Å²) >= 11 is 0. The molecule has 0 saturated carbocycles. The van der Waals surface area contributed by atoms with E-state index in [1.54, 1.807) is 41.5 Å². The van der Waals surface area contributed by atoms with Crippen molar-refractivity contribution in [3.05, 3.63) is 35.4 Å². The van der Waals surface area contributed by atoms with Crippen molar-refractivity contribution in [1.29, 1.82) is 0 Å². The van der Waals surface area contributed by atoms with Crippen molar-refractivity contribution in [1.82, 2.24) is 21.3 Å². The van der Waals surface area contributed by atoms with Gasteiger partial charge in [0.15, 0.2) is 10.6 Å². The van der Waals surface area contributed by atoms with Gasteiger partial charge in [0.05, 0.1) is 12.2 Å². The number of benzene rings is 1. The van der Waals surface area contributed by atoms with E-state index in [-0.39, 0.29) is 39.3 Å². The van der Waals surface area contributed by atoms with Crippen LogP contribution in [0.3, 0.4) is 0 Å². The van der Waals surface area contributed by atoms with Gasteiger partial charge in [-0.05, 0) is 78.4 Å². The zero-order valence-corrected chi connectivity index (χ0v) is 32.5. The summed E-state index contributed by atoms with van der Waals surface area (Å²) in [6, 6.07) is 4.00. The molecule has 0 aliphatic rings. The van der Waals surface area contributed by atoms with Crippen molar-refractivity contribution >= 4 is 41.7 Å². The Balaban J connectivity index is 3.46. The summed E-state index contributed by atoms with van der Waals surface area (Å²) in [6.45, 7) is 14.6. The Morgan fingerprint density at radius 3 is 1.10 bits per heavy atom. The summed E-state index contributed by atoms with van der Waals surface area (Å²) < 4.78 is 37.6. The van der Waals surface area contributed by atoms with Crippen LogP contribution in [0.2, 0.25) is 0 Å². The van der Waals surface area contributed by atoms with E-state index in [9.17, 15) is 19.2 Å². The molecule has 2 unspecified atom stereocenters. The Kier molecular flexibility index (Phi) is 18.1. The van der Waals surface area contributed by atoms with Gasteiger partial charge in [0.2, 0.25) is 0 Å². The van der Waals surface area contributed by atoms with Crippen molar-refractivity contribution < 1.29 is 45.7 Å². The highest BCUT2D eigenvalue weighted by Crippen LogP contribution is 2.30. The van der Waals surface area contributed by atoms with E-state index in [0.717, 1.165) is 11.1 Å². The summed E-state index contributed by atoms with van der Waals surface area (Å²) in [5.74, 6) is 0. The van der Waals surface area contributed by atoms with Gasteiger partial charge in [-0.2, -0.15) is 0 Å². The molecule has 0 spiro atoms. The summed E-state index contributed by atoms with van der Waals surface area (Å²) in [7, 11) is -7.98. The quantitative estimate of drug-likeness (QED) is 0.0558. The third-order valence-corrected chi connectivity index (χ3v) is 14.9. The molecule has 286 valence electrons. The van der Waals surface area contributed by atoms with Gasteiger partial charge < -0.3 is 70.8 Å². The lowest BCUT2D eigenvalue weighted by Crippen LogP contribution is -2.80. The highest BCUT2D eigenvalue weighted by molar-refractivity contribution is 6.65. The largest absolute Gasteiger partial charge is 0.549 e. The Labute approximate surface area is 297 Å². The normalized spacial score (nSPS) is 13.6. The molecule has 0 saturated heterocycles. The zero-order valence-electron chi connectivity index (χ0n) is 30.5. The third-order valence-electron chi connectivity index (χ3n) is 7.54. The van der Waals surface area contributed by atoms with Gasteiger partial charge in [0.1, 0.15) is 0 Å². The minimum atomic E-state index is -3.99. The fourth-order valence-corrected chi connectivity index (χ4v) is 12.4. The number of nitrogens with two attached hydrogens (primary N) is 4. The smallest absolute Gasteiger partial charge is 0.371 e. The van der Waals surface area contributed by atoms with Gasteiger partial charge >= 0.3 is 41.7 Å². The van der Waals surface area contributed by atoms with Crippen molar-refractivity contribution in [3.8, 4) is 0 Å². The van der Waals surface area contributed by atoms with Crippen molar-refractivity contribution in [2.75, 3.05) is 26.4 Å². The molecule has 0 heterocycles. The van der Waals surface area contributed by atoms with Gasteiger partial charge in [-0.3, -0.25) is 0 Å². The molecule has 2 atom stereocenters.